The van der Waals surface area contributed by atoms with Crippen molar-refractivity contribution in [2.24, 2.45) is 0 Å². The summed E-state index contributed by atoms with van der Waals surface area (Å²) in [7, 11) is 2.07. The van der Waals surface area contributed by atoms with Crippen LogP contribution < -0.4 is 0 Å². The molecule has 2 aromatic heterocycles. The van der Waals surface area contributed by atoms with Crippen molar-refractivity contribution in [2.45, 2.75) is 13.1 Å². The number of hydrogen-bond donors (Lipinski definition) is 0. The average molecular weight is 329 g/mol. The van der Waals surface area contributed by atoms with Crippen LogP contribution in [0.5, 0.6) is 0 Å². The van der Waals surface area contributed by atoms with Crippen molar-refractivity contribution < 1.29 is 4.42 Å². The molecule has 0 aliphatic heterocycles. The molecule has 4 heteroatoms. The van der Waals surface area contributed by atoms with E-state index in [9.17, 15) is 0 Å². The highest BCUT2D eigenvalue weighted by molar-refractivity contribution is 5.94. The minimum absolute atomic E-state index is 0.668. The molecule has 0 unspecified atom stereocenters. The lowest BCUT2D eigenvalue weighted by molar-refractivity contribution is 0.314. The molecule has 4 nitrogen and oxygen atoms in total. The summed E-state index contributed by atoms with van der Waals surface area (Å²) in [5.41, 5.74) is 3.14. The van der Waals surface area contributed by atoms with Gasteiger partial charge in [0.15, 0.2) is 0 Å². The second-order valence-corrected chi connectivity index (χ2v) is 6.20. The Bertz CT molecular complexity index is 973. The van der Waals surface area contributed by atoms with Crippen LogP contribution in [-0.4, -0.2) is 21.9 Å². The van der Waals surface area contributed by atoms with Crippen LogP contribution in [0.25, 0.3) is 22.2 Å². The Morgan fingerprint density at radius 1 is 0.960 bits per heavy atom. The number of hydrogen-bond acceptors (Lipinski definition) is 4. The van der Waals surface area contributed by atoms with Crippen molar-refractivity contribution in [1.29, 1.82) is 0 Å². The van der Waals surface area contributed by atoms with Gasteiger partial charge in [0.25, 0.3) is 0 Å². The monoisotopic (exact) mass is 329 g/mol. The zero-order valence-electron chi connectivity index (χ0n) is 14.1. The van der Waals surface area contributed by atoms with E-state index < -0.39 is 0 Å². The summed E-state index contributed by atoms with van der Waals surface area (Å²) in [4.78, 5) is 11.0. The molecule has 2 heterocycles. The molecule has 0 amide bonds. The van der Waals surface area contributed by atoms with Gasteiger partial charge < -0.3 is 4.42 Å². The maximum atomic E-state index is 5.76. The smallest absolute Gasteiger partial charge is 0.226 e. The second-order valence-electron chi connectivity index (χ2n) is 6.20. The SMILES string of the molecule is CN(Cc1cccnc1)Cc1coc(-c2cccc3ccccc23)n1. The molecule has 0 aliphatic carbocycles. The summed E-state index contributed by atoms with van der Waals surface area (Å²) in [6.45, 7) is 1.55. The number of benzene rings is 2. The molecule has 0 bridgehead atoms. The molecule has 0 saturated carbocycles. The standard InChI is InChI=1S/C21H19N3O/c1-24(13-16-6-5-11-22-12-16)14-18-15-25-21(23-18)20-10-4-8-17-7-2-3-9-19(17)20/h2-12,15H,13-14H2,1H3. The van der Waals surface area contributed by atoms with Crippen molar-refractivity contribution in [3.8, 4) is 11.5 Å². The van der Waals surface area contributed by atoms with Crippen LogP contribution in [0.15, 0.2) is 77.7 Å². The second kappa shape index (κ2) is 6.87. The van der Waals surface area contributed by atoms with Crippen LogP contribution in [0.2, 0.25) is 0 Å². The fourth-order valence-electron chi connectivity index (χ4n) is 3.05. The molecule has 0 atom stereocenters. The largest absolute Gasteiger partial charge is 0.444 e. The summed E-state index contributed by atoms with van der Waals surface area (Å²) < 4.78 is 5.76. The number of fused-ring (bicyclic) bond motifs is 1. The first-order chi connectivity index (χ1) is 12.3. The highest BCUT2D eigenvalue weighted by Crippen LogP contribution is 2.28. The van der Waals surface area contributed by atoms with E-state index in [1.165, 1.54) is 10.9 Å². The van der Waals surface area contributed by atoms with Crippen molar-refractivity contribution >= 4 is 10.8 Å². The minimum Gasteiger partial charge on any atom is -0.444 e. The van der Waals surface area contributed by atoms with Crippen molar-refractivity contribution in [3.05, 3.63) is 84.5 Å². The highest BCUT2D eigenvalue weighted by atomic mass is 16.3. The van der Waals surface area contributed by atoms with E-state index in [0.717, 1.165) is 29.7 Å². The molecule has 0 aliphatic rings. The lowest BCUT2D eigenvalue weighted by Gasteiger charge is -2.14. The maximum Gasteiger partial charge on any atom is 0.226 e. The zero-order valence-corrected chi connectivity index (χ0v) is 14.1. The number of nitrogens with zero attached hydrogens (tertiary/aromatic N) is 3. The van der Waals surface area contributed by atoms with Gasteiger partial charge in [0.2, 0.25) is 5.89 Å². The summed E-state index contributed by atoms with van der Waals surface area (Å²) in [5, 5.41) is 2.34. The van der Waals surface area contributed by atoms with Gasteiger partial charge in [0.1, 0.15) is 6.26 Å². The Morgan fingerprint density at radius 2 is 1.84 bits per heavy atom. The summed E-state index contributed by atoms with van der Waals surface area (Å²) in [6, 6.07) is 18.5. The van der Waals surface area contributed by atoms with Gasteiger partial charge in [-0.3, -0.25) is 9.88 Å². The third kappa shape index (κ3) is 3.44. The third-order valence-corrected chi connectivity index (χ3v) is 4.18. The lowest BCUT2D eigenvalue weighted by Crippen LogP contribution is -2.17. The van der Waals surface area contributed by atoms with E-state index in [4.69, 9.17) is 4.42 Å². The van der Waals surface area contributed by atoms with Crippen LogP contribution in [-0.2, 0) is 13.1 Å². The molecule has 4 rings (SSSR count). The molecule has 4 aromatic rings. The Kier molecular flexibility index (Phi) is 4.27. The van der Waals surface area contributed by atoms with Gasteiger partial charge in [-0.2, -0.15) is 0 Å². The van der Waals surface area contributed by atoms with Gasteiger partial charge >= 0.3 is 0 Å². The predicted molar refractivity (Wildman–Crippen MR) is 98.9 cm³/mol. The van der Waals surface area contributed by atoms with Gasteiger partial charge in [0.05, 0.1) is 5.69 Å². The van der Waals surface area contributed by atoms with Crippen LogP contribution in [0, 0.1) is 0 Å². The van der Waals surface area contributed by atoms with Crippen molar-refractivity contribution in [1.82, 2.24) is 14.9 Å². The number of oxazole rings is 1. The molecule has 2 aromatic carbocycles. The first-order valence-corrected chi connectivity index (χ1v) is 8.29. The molecular formula is C21H19N3O. The molecule has 25 heavy (non-hydrogen) atoms. The summed E-state index contributed by atoms with van der Waals surface area (Å²) >= 11 is 0. The number of pyridine rings is 1. The highest BCUT2D eigenvalue weighted by Gasteiger charge is 2.11. The number of aromatic nitrogens is 2. The molecule has 124 valence electrons. The molecular weight excluding hydrogens is 310 g/mol. The van der Waals surface area contributed by atoms with Crippen molar-refractivity contribution in [2.75, 3.05) is 7.05 Å². The quantitative estimate of drug-likeness (QED) is 0.540. The first kappa shape index (κ1) is 15.5. The van der Waals surface area contributed by atoms with Gasteiger partial charge in [-0.15, -0.1) is 0 Å². The molecule has 0 N–H and O–H groups in total. The molecule has 0 fully saturated rings. The Labute approximate surface area is 146 Å². The third-order valence-electron chi connectivity index (χ3n) is 4.18. The maximum absolute atomic E-state index is 5.76. The van der Waals surface area contributed by atoms with Gasteiger partial charge in [-0.1, -0.05) is 42.5 Å². The van der Waals surface area contributed by atoms with E-state index in [-0.39, 0.29) is 0 Å². The van der Waals surface area contributed by atoms with Crippen LogP contribution in [0.3, 0.4) is 0 Å². The van der Waals surface area contributed by atoms with Crippen LogP contribution in [0.1, 0.15) is 11.3 Å². The fraction of sp³-hybridized carbons (Fsp3) is 0.143. The van der Waals surface area contributed by atoms with Gasteiger partial charge in [0, 0.05) is 31.0 Å². The summed E-state index contributed by atoms with van der Waals surface area (Å²) in [6.07, 6.45) is 5.43. The van der Waals surface area contributed by atoms with Crippen LogP contribution in [0.4, 0.5) is 0 Å². The van der Waals surface area contributed by atoms with E-state index in [2.05, 4.69) is 52.2 Å². The van der Waals surface area contributed by atoms with E-state index in [0.29, 0.717) is 5.89 Å². The van der Waals surface area contributed by atoms with E-state index in [1.54, 1.807) is 12.5 Å². The lowest BCUT2D eigenvalue weighted by atomic mass is 10.0. The fourth-order valence-corrected chi connectivity index (χ4v) is 3.05. The molecule has 0 radical (unpaired) electrons. The normalized spacial score (nSPS) is 11.3. The Hall–Kier alpha value is -2.98. The predicted octanol–water partition coefficient (Wildman–Crippen LogP) is 4.52. The van der Waals surface area contributed by atoms with E-state index >= 15 is 0 Å². The molecule has 0 saturated heterocycles. The van der Waals surface area contributed by atoms with E-state index in [1.807, 2.05) is 30.5 Å². The van der Waals surface area contributed by atoms with Crippen molar-refractivity contribution in [3.63, 3.8) is 0 Å². The number of rotatable bonds is 5. The Morgan fingerprint density at radius 3 is 2.72 bits per heavy atom. The summed E-state index contributed by atoms with van der Waals surface area (Å²) in [5.74, 6) is 0.668. The topological polar surface area (TPSA) is 42.2 Å². The average Bonchev–Trinajstić information content (AvgIpc) is 3.10. The molecule has 0 spiro atoms. The van der Waals surface area contributed by atoms with Crippen LogP contribution >= 0.6 is 0 Å². The minimum atomic E-state index is 0.668. The van der Waals surface area contributed by atoms with Gasteiger partial charge in [-0.05, 0) is 35.5 Å². The zero-order chi connectivity index (χ0) is 17.1. The van der Waals surface area contributed by atoms with Gasteiger partial charge in [-0.25, -0.2) is 4.98 Å². The first-order valence-electron chi connectivity index (χ1n) is 8.29. The Balaban J connectivity index is 1.54.